The molecule has 0 radical (unpaired) electrons. The normalized spacial score (nSPS) is 29.9. The number of hydrogen-bond donors (Lipinski definition) is 1. The third-order valence-electron chi connectivity index (χ3n) is 4.08. The van der Waals surface area contributed by atoms with Crippen LogP contribution in [0.1, 0.15) is 39.0 Å². The number of nitrogens with zero attached hydrogens (tertiary/aromatic N) is 1. The zero-order valence-electron chi connectivity index (χ0n) is 11.5. The maximum Gasteiger partial charge on any atom is 0.240 e. The molecule has 0 bridgehead atoms. The number of amides is 1. The summed E-state index contributed by atoms with van der Waals surface area (Å²) in [6, 6.07) is 0.0754. The first-order valence-corrected chi connectivity index (χ1v) is 8.56. The molecule has 1 amide bonds. The number of nitrogens with one attached hydrogen (secondary N) is 1. The summed E-state index contributed by atoms with van der Waals surface area (Å²) in [5.41, 5.74) is 0. The molecular weight excluding hydrogens is 244 g/mol. The summed E-state index contributed by atoms with van der Waals surface area (Å²) >= 11 is 1.90. The molecule has 2 aliphatic heterocycles. The van der Waals surface area contributed by atoms with E-state index in [1.807, 2.05) is 11.8 Å². The summed E-state index contributed by atoms with van der Waals surface area (Å²) in [5.74, 6) is 3.29. The number of rotatable bonds is 3. The first kappa shape index (κ1) is 14.2. The van der Waals surface area contributed by atoms with Crippen LogP contribution in [-0.4, -0.2) is 48.0 Å². The van der Waals surface area contributed by atoms with Crippen LogP contribution >= 0.6 is 11.8 Å². The van der Waals surface area contributed by atoms with Gasteiger partial charge in [0.15, 0.2) is 0 Å². The van der Waals surface area contributed by atoms with E-state index in [0.29, 0.717) is 5.91 Å². The molecule has 2 fully saturated rings. The van der Waals surface area contributed by atoms with Crippen molar-refractivity contribution < 1.29 is 4.79 Å². The fourth-order valence-electron chi connectivity index (χ4n) is 3.03. The second kappa shape index (κ2) is 7.39. The van der Waals surface area contributed by atoms with E-state index in [4.69, 9.17) is 0 Å². The molecule has 3 nitrogen and oxygen atoms in total. The van der Waals surface area contributed by atoms with Crippen LogP contribution in [0, 0.1) is 5.92 Å². The largest absolute Gasteiger partial charge is 0.341 e. The molecule has 1 N–H and O–H groups in total. The predicted octanol–water partition coefficient (Wildman–Crippen LogP) is 2.12. The monoisotopic (exact) mass is 270 g/mol. The summed E-state index contributed by atoms with van der Waals surface area (Å²) < 4.78 is 0. The van der Waals surface area contributed by atoms with E-state index in [2.05, 4.69) is 17.1 Å². The fourth-order valence-corrected chi connectivity index (χ4v) is 3.95. The van der Waals surface area contributed by atoms with Gasteiger partial charge in [0.2, 0.25) is 5.91 Å². The standard InChI is InChI=1S/C14H26N2OS/c1-2-4-12-5-3-8-16(9-6-12)14(17)13-11-18-10-7-15-13/h12-13,15H,2-11H2,1H3. The summed E-state index contributed by atoms with van der Waals surface area (Å²) in [6.45, 7) is 5.19. The number of carbonyl (C=O) groups excluding carboxylic acids is 1. The van der Waals surface area contributed by atoms with E-state index < -0.39 is 0 Å². The molecule has 0 saturated carbocycles. The molecular formula is C14H26N2OS. The van der Waals surface area contributed by atoms with Crippen molar-refractivity contribution in [3.63, 3.8) is 0 Å². The zero-order valence-corrected chi connectivity index (χ0v) is 12.3. The van der Waals surface area contributed by atoms with Crippen molar-refractivity contribution in [1.29, 1.82) is 0 Å². The van der Waals surface area contributed by atoms with Crippen molar-refractivity contribution in [2.45, 2.75) is 45.1 Å². The van der Waals surface area contributed by atoms with Gasteiger partial charge in [-0.3, -0.25) is 4.79 Å². The molecule has 2 rings (SSSR count). The highest BCUT2D eigenvalue weighted by atomic mass is 32.2. The molecule has 2 unspecified atom stereocenters. The first-order valence-electron chi connectivity index (χ1n) is 7.41. The highest BCUT2D eigenvalue weighted by Gasteiger charge is 2.27. The first-order chi connectivity index (χ1) is 8.81. The lowest BCUT2D eigenvalue weighted by atomic mass is 9.96. The van der Waals surface area contributed by atoms with Gasteiger partial charge in [0.05, 0.1) is 6.04 Å². The lowest BCUT2D eigenvalue weighted by Gasteiger charge is -2.29. The van der Waals surface area contributed by atoms with Crippen molar-refractivity contribution in [2.24, 2.45) is 5.92 Å². The predicted molar refractivity (Wildman–Crippen MR) is 77.9 cm³/mol. The van der Waals surface area contributed by atoms with Crippen LogP contribution in [0.2, 0.25) is 0 Å². The minimum absolute atomic E-state index is 0.0754. The highest BCUT2D eigenvalue weighted by molar-refractivity contribution is 7.99. The Morgan fingerprint density at radius 1 is 1.39 bits per heavy atom. The molecule has 0 aliphatic carbocycles. The Morgan fingerprint density at radius 2 is 2.28 bits per heavy atom. The molecule has 0 aromatic carbocycles. The smallest absolute Gasteiger partial charge is 0.240 e. The second-order valence-corrected chi connectivity index (χ2v) is 6.64. The maximum atomic E-state index is 12.4. The van der Waals surface area contributed by atoms with E-state index in [0.717, 1.165) is 37.1 Å². The minimum Gasteiger partial charge on any atom is -0.341 e. The van der Waals surface area contributed by atoms with Gasteiger partial charge in [0.1, 0.15) is 0 Å². The third kappa shape index (κ3) is 3.89. The Labute approximate surface area is 115 Å². The van der Waals surface area contributed by atoms with Crippen LogP contribution in [-0.2, 0) is 4.79 Å². The van der Waals surface area contributed by atoms with E-state index in [-0.39, 0.29) is 6.04 Å². The van der Waals surface area contributed by atoms with E-state index in [1.165, 1.54) is 32.1 Å². The SMILES string of the molecule is CCCC1CCCN(C(=O)C2CSCCN2)CC1. The molecule has 4 heteroatoms. The van der Waals surface area contributed by atoms with E-state index >= 15 is 0 Å². The molecule has 2 aliphatic rings. The van der Waals surface area contributed by atoms with Crippen molar-refractivity contribution >= 4 is 17.7 Å². The fraction of sp³-hybridized carbons (Fsp3) is 0.929. The second-order valence-electron chi connectivity index (χ2n) is 5.49. The Hall–Kier alpha value is -0.220. The number of likely N-dealkylation sites (tertiary alicyclic amines) is 1. The van der Waals surface area contributed by atoms with E-state index in [1.54, 1.807) is 0 Å². The molecule has 18 heavy (non-hydrogen) atoms. The van der Waals surface area contributed by atoms with Crippen molar-refractivity contribution in [1.82, 2.24) is 10.2 Å². The van der Waals surface area contributed by atoms with Gasteiger partial charge in [-0.1, -0.05) is 19.8 Å². The molecule has 104 valence electrons. The average molecular weight is 270 g/mol. The Balaban J connectivity index is 1.82. The Bertz CT molecular complexity index is 267. The number of thioether (sulfide) groups is 1. The molecule has 2 saturated heterocycles. The summed E-state index contributed by atoms with van der Waals surface area (Å²) in [4.78, 5) is 14.5. The quantitative estimate of drug-likeness (QED) is 0.852. The van der Waals surface area contributed by atoms with Gasteiger partial charge in [0.25, 0.3) is 0 Å². The molecule has 0 aromatic rings. The van der Waals surface area contributed by atoms with Crippen LogP contribution in [0.4, 0.5) is 0 Å². The molecule has 2 heterocycles. The maximum absolute atomic E-state index is 12.4. The third-order valence-corrected chi connectivity index (χ3v) is 5.14. The van der Waals surface area contributed by atoms with Crippen LogP contribution in [0.3, 0.4) is 0 Å². The summed E-state index contributed by atoms with van der Waals surface area (Å²) in [5, 5.41) is 3.36. The van der Waals surface area contributed by atoms with Gasteiger partial charge < -0.3 is 10.2 Å². The van der Waals surface area contributed by atoms with Crippen LogP contribution in [0.15, 0.2) is 0 Å². The van der Waals surface area contributed by atoms with Crippen LogP contribution in [0.5, 0.6) is 0 Å². The number of hydrogen-bond acceptors (Lipinski definition) is 3. The molecule has 2 atom stereocenters. The number of carbonyl (C=O) groups is 1. The van der Waals surface area contributed by atoms with Crippen molar-refractivity contribution in [2.75, 3.05) is 31.1 Å². The summed E-state index contributed by atoms with van der Waals surface area (Å²) in [7, 11) is 0. The Kier molecular flexibility index (Phi) is 5.83. The van der Waals surface area contributed by atoms with E-state index in [9.17, 15) is 4.79 Å². The zero-order chi connectivity index (χ0) is 12.8. The summed E-state index contributed by atoms with van der Waals surface area (Å²) in [6.07, 6.45) is 6.32. The molecule has 0 aromatic heterocycles. The van der Waals surface area contributed by atoms with Gasteiger partial charge in [-0.25, -0.2) is 0 Å². The van der Waals surface area contributed by atoms with Crippen molar-refractivity contribution in [3.05, 3.63) is 0 Å². The minimum atomic E-state index is 0.0754. The lowest BCUT2D eigenvalue weighted by Crippen LogP contribution is -2.50. The van der Waals surface area contributed by atoms with Gasteiger partial charge >= 0.3 is 0 Å². The molecule has 0 spiro atoms. The van der Waals surface area contributed by atoms with Crippen LogP contribution < -0.4 is 5.32 Å². The Morgan fingerprint density at radius 3 is 3.00 bits per heavy atom. The van der Waals surface area contributed by atoms with Gasteiger partial charge in [0, 0.05) is 31.1 Å². The topological polar surface area (TPSA) is 32.3 Å². The van der Waals surface area contributed by atoms with Gasteiger partial charge in [-0.05, 0) is 25.2 Å². The lowest BCUT2D eigenvalue weighted by molar-refractivity contribution is -0.132. The average Bonchev–Trinajstić information content (AvgIpc) is 2.65. The van der Waals surface area contributed by atoms with Crippen molar-refractivity contribution in [3.8, 4) is 0 Å². The van der Waals surface area contributed by atoms with Crippen LogP contribution in [0.25, 0.3) is 0 Å². The highest BCUT2D eigenvalue weighted by Crippen LogP contribution is 2.22. The van der Waals surface area contributed by atoms with Gasteiger partial charge in [-0.2, -0.15) is 11.8 Å². The van der Waals surface area contributed by atoms with Gasteiger partial charge in [-0.15, -0.1) is 0 Å².